The van der Waals surface area contributed by atoms with Gasteiger partial charge < -0.3 is 5.11 Å². The molecule has 9 heteroatoms. The maximum absolute atomic E-state index is 11.7. The third-order valence-corrected chi connectivity index (χ3v) is 4.11. The third kappa shape index (κ3) is 5.38. The lowest BCUT2D eigenvalue weighted by Crippen LogP contribution is -2.17. The number of benzene rings is 1. The molecule has 0 saturated carbocycles. The van der Waals surface area contributed by atoms with E-state index < -0.39 is 20.9 Å². The van der Waals surface area contributed by atoms with E-state index in [2.05, 4.69) is 4.72 Å². The summed E-state index contributed by atoms with van der Waals surface area (Å²) in [6.45, 7) is 1.76. The molecular formula is C12H16N2O6S. The predicted molar refractivity (Wildman–Crippen MR) is 76.8 cm³/mol. The van der Waals surface area contributed by atoms with E-state index in [1.165, 1.54) is 12.1 Å². The molecule has 21 heavy (non-hydrogen) atoms. The molecule has 0 bridgehead atoms. The van der Waals surface area contributed by atoms with Gasteiger partial charge in [0.1, 0.15) is 0 Å². The van der Waals surface area contributed by atoms with Crippen LogP contribution in [0.2, 0.25) is 0 Å². The zero-order valence-corrected chi connectivity index (χ0v) is 12.2. The molecule has 0 aliphatic heterocycles. The maximum atomic E-state index is 11.7. The van der Waals surface area contributed by atoms with Gasteiger partial charge in [-0.3, -0.25) is 19.6 Å². The lowest BCUT2D eigenvalue weighted by Gasteiger charge is -2.08. The van der Waals surface area contributed by atoms with Crippen molar-refractivity contribution in [3.63, 3.8) is 0 Å². The molecule has 0 unspecified atom stereocenters. The molecule has 1 aromatic rings. The quantitative estimate of drug-likeness (QED) is 0.556. The first-order valence-corrected chi connectivity index (χ1v) is 7.90. The summed E-state index contributed by atoms with van der Waals surface area (Å²) >= 11 is 0. The zero-order chi connectivity index (χ0) is 16.0. The van der Waals surface area contributed by atoms with Gasteiger partial charge in [-0.1, -0.05) is 13.0 Å². The zero-order valence-electron chi connectivity index (χ0n) is 11.4. The Morgan fingerprint density at radius 2 is 2.10 bits per heavy atom. The van der Waals surface area contributed by atoms with E-state index in [1.807, 2.05) is 0 Å². The van der Waals surface area contributed by atoms with Gasteiger partial charge in [0.15, 0.2) is 0 Å². The average Bonchev–Trinajstić information content (AvgIpc) is 2.37. The number of carboxylic acid groups (broad SMARTS) is 1. The van der Waals surface area contributed by atoms with E-state index in [4.69, 9.17) is 5.11 Å². The number of rotatable bonds is 8. The molecule has 0 aliphatic rings. The number of aryl methyl sites for hydroxylation is 1. The fourth-order valence-corrected chi connectivity index (χ4v) is 2.85. The molecule has 0 fully saturated rings. The van der Waals surface area contributed by atoms with E-state index in [1.54, 1.807) is 6.92 Å². The molecule has 0 spiro atoms. The molecule has 0 radical (unpaired) electrons. The number of carbonyl (C=O) groups is 1. The predicted octanol–water partition coefficient (Wildman–Crippen LogP) is 1.76. The first kappa shape index (κ1) is 16.9. The van der Waals surface area contributed by atoms with Crippen LogP contribution < -0.4 is 4.72 Å². The lowest BCUT2D eigenvalue weighted by molar-refractivity contribution is -0.385. The summed E-state index contributed by atoms with van der Waals surface area (Å²) < 4.78 is 25.7. The minimum absolute atomic E-state index is 0.0280. The summed E-state index contributed by atoms with van der Waals surface area (Å²) in [6, 6.07) is 4.10. The number of hydrogen-bond acceptors (Lipinski definition) is 5. The van der Waals surface area contributed by atoms with Crippen molar-refractivity contribution in [1.29, 1.82) is 0 Å². The van der Waals surface area contributed by atoms with Gasteiger partial charge in [-0.25, -0.2) is 8.42 Å². The smallest absolute Gasteiger partial charge is 0.303 e. The molecule has 116 valence electrons. The van der Waals surface area contributed by atoms with Crippen LogP contribution >= 0.6 is 0 Å². The van der Waals surface area contributed by atoms with Gasteiger partial charge in [-0.15, -0.1) is 0 Å². The molecule has 8 nitrogen and oxygen atoms in total. The minimum atomic E-state index is -3.73. The number of aliphatic carboxylic acids is 1. The summed E-state index contributed by atoms with van der Waals surface area (Å²) in [4.78, 5) is 20.7. The lowest BCUT2D eigenvalue weighted by atomic mass is 10.1. The van der Waals surface area contributed by atoms with Crippen LogP contribution in [-0.2, 0) is 21.2 Å². The monoisotopic (exact) mass is 316 g/mol. The van der Waals surface area contributed by atoms with Crippen molar-refractivity contribution in [3.05, 3.63) is 33.9 Å². The average molecular weight is 316 g/mol. The molecule has 0 atom stereocenters. The second-order valence-electron chi connectivity index (χ2n) is 4.37. The largest absolute Gasteiger partial charge is 0.481 e. The van der Waals surface area contributed by atoms with Crippen LogP contribution in [0.1, 0.15) is 25.3 Å². The van der Waals surface area contributed by atoms with Crippen LogP contribution in [-0.4, -0.2) is 30.2 Å². The van der Waals surface area contributed by atoms with Crippen molar-refractivity contribution >= 4 is 27.4 Å². The fourth-order valence-electron chi connectivity index (χ4n) is 1.74. The summed E-state index contributed by atoms with van der Waals surface area (Å²) in [6.07, 6.45) is 0.178. The SMILES string of the molecule is CCc1ccc(NS(=O)(=O)CCCC(=O)O)cc1[N+](=O)[O-]. The van der Waals surface area contributed by atoms with Crippen molar-refractivity contribution < 1.29 is 23.2 Å². The van der Waals surface area contributed by atoms with Crippen LogP contribution in [0.15, 0.2) is 18.2 Å². The molecule has 0 aliphatic carbocycles. The number of nitro groups is 1. The number of nitrogens with one attached hydrogen (secondary N) is 1. The topological polar surface area (TPSA) is 127 Å². The van der Waals surface area contributed by atoms with Gasteiger partial charge in [-0.05, 0) is 18.9 Å². The molecule has 1 rings (SSSR count). The van der Waals surface area contributed by atoms with Crippen molar-refractivity contribution in [1.82, 2.24) is 0 Å². The highest BCUT2D eigenvalue weighted by atomic mass is 32.2. The maximum Gasteiger partial charge on any atom is 0.303 e. The molecule has 1 aromatic carbocycles. The normalized spacial score (nSPS) is 11.1. The van der Waals surface area contributed by atoms with Gasteiger partial charge in [-0.2, -0.15) is 0 Å². The molecule has 2 N–H and O–H groups in total. The van der Waals surface area contributed by atoms with E-state index >= 15 is 0 Å². The first-order valence-electron chi connectivity index (χ1n) is 6.24. The summed E-state index contributed by atoms with van der Waals surface area (Å²) in [7, 11) is -3.73. The van der Waals surface area contributed by atoms with Crippen molar-refractivity contribution in [3.8, 4) is 0 Å². The van der Waals surface area contributed by atoms with Crippen molar-refractivity contribution in [2.45, 2.75) is 26.2 Å². The van der Waals surface area contributed by atoms with Crippen LogP contribution in [0, 0.1) is 10.1 Å². The Hall–Kier alpha value is -2.16. The third-order valence-electron chi connectivity index (χ3n) is 2.74. The summed E-state index contributed by atoms with van der Waals surface area (Å²) in [5.41, 5.74) is 0.450. The number of anilines is 1. The van der Waals surface area contributed by atoms with Crippen molar-refractivity contribution in [2.75, 3.05) is 10.5 Å². The van der Waals surface area contributed by atoms with Gasteiger partial charge >= 0.3 is 5.97 Å². The molecule has 0 aromatic heterocycles. The Bertz CT molecular complexity index is 641. The second-order valence-corrected chi connectivity index (χ2v) is 6.21. The number of nitrogens with zero attached hydrogens (tertiary/aromatic N) is 1. The number of sulfonamides is 1. The molecule has 0 heterocycles. The van der Waals surface area contributed by atoms with Crippen LogP contribution in [0.3, 0.4) is 0 Å². The first-order chi connectivity index (χ1) is 9.75. The number of hydrogen-bond donors (Lipinski definition) is 2. The fraction of sp³-hybridized carbons (Fsp3) is 0.417. The molecular weight excluding hydrogens is 300 g/mol. The van der Waals surface area contributed by atoms with Crippen LogP contribution in [0.25, 0.3) is 0 Å². The van der Waals surface area contributed by atoms with Crippen molar-refractivity contribution in [2.24, 2.45) is 0 Å². The Morgan fingerprint density at radius 1 is 1.43 bits per heavy atom. The van der Waals surface area contributed by atoms with E-state index in [0.717, 1.165) is 6.07 Å². The van der Waals surface area contributed by atoms with Gasteiger partial charge in [0.25, 0.3) is 5.69 Å². The number of carboxylic acids is 1. The Kier molecular flexibility index (Phi) is 5.65. The second kappa shape index (κ2) is 7.02. The summed E-state index contributed by atoms with van der Waals surface area (Å²) in [5, 5.41) is 19.4. The van der Waals surface area contributed by atoms with Gasteiger partial charge in [0.2, 0.25) is 10.0 Å². The van der Waals surface area contributed by atoms with E-state index in [9.17, 15) is 23.3 Å². The van der Waals surface area contributed by atoms with E-state index in [0.29, 0.717) is 12.0 Å². The molecule has 0 saturated heterocycles. The van der Waals surface area contributed by atoms with Gasteiger partial charge in [0.05, 0.1) is 16.4 Å². The highest BCUT2D eigenvalue weighted by Crippen LogP contribution is 2.24. The Morgan fingerprint density at radius 3 is 2.62 bits per heavy atom. The Labute approximate surface area is 122 Å². The standard InChI is InChI=1S/C12H16N2O6S/c1-2-9-5-6-10(8-11(9)14(17)18)13-21(19,20)7-3-4-12(15)16/h5-6,8,13H,2-4,7H2,1H3,(H,15,16). The molecule has 0 amide bonds. The highest BCUT2D eigenvalue weighted by molar-refractivity contribution is 7.92. The van der Waals surface area contributed by atoms with Crippen LogP contribution in [0.5, 0.6) is 0 Å². The van der Waals surface area contributed by atoms with Gasteiger partial charge in [0, 0.05) is 18.1 Å². The minimum Gasteiger partial charge on any atom is -0.481 e. The van der Waals surface area contributed by atoms with Crippen LogP contribution in [0.4, 0.5) is 11.4 Å². The Balaban J connectivity index is 2.85. The highest BCUT2D eigenvalue weighted by Gasteiger charge is 2.16. The number of nitro benzene ring substituents is 1. The summed E-state index contributed by atoms with van der Waals surface area (Å²) in [5.74, 6) is -1.43. The van der Waals surface area contributed by atoms with E-state index in [-0.39, 0.29) is 30.0 Å².